The van der Waals surface area contributed by atoms with E-state index in [0.29, 0.717) is 12.2 Å². The van der Waals surface area contributed by atoms with Gasteiger partial charge in [0.2, 0.25) is 0 Å². The number of guanidine groups is 1. The van der Waals surface area contributed by atoms with Crippen LogP contribution in [0.15, 0.2) is 29.3 Å². The predicted octanol–water partition coefficient (Wildman–Crippen LogP) is 3.73. The summed E-state index contributed by atoms with van der Waals surface area (Å²) in [6, 6.07) is 7.59. The Morgan fingerprint density at radius 2 is 1.83 bits per heavy atom. The van der Waals surface area contributed by atoms with Crippen LogP contribution >= 0.6 is 24.0 Å². The fourth-order valence-electron chi connectivity index (χ4n) is 2.04. The predicted molar refractivity (Wildman–Crippen MR) is 110 cm³/mol. The number of rotatable bonds is 8. The van der Waals surface area contributed by atoms with Crippen molar-refractivity contribution in [3.63, 3.8) is 0 Å². The van der Waals surface area contributed by atoms with Gasteiger partial charge in [-0.3, -0.25) is 10.3 Å². The first-order valence-corrected chi connectivity index (χ1v) is 8.08. The Morgan fingerprint density at radius 1 is 1.12 bits per heavy atom. The molecule has 0 aliphatic rings. The molecule has 0 aromatic heterocycles. The van der Waals surface area contributed by atoms with Gasteiger partial charge in [0.1, 0.15) is 0 Å². The smallest absolute Gasteiger partial charge is 0.411 e. The van der Waals surface area contributed by atoms with Gasteiger partial charge in [-0.15, -0.1) is 24.0 Å². The zero-order valence-electron chi connectivity index (χ0n) is 14.7. The van der Waals surface area contributed by atoms with E-state index in [1.807, 2.05) is 24.3 Å². The summed E-state index contributed by atoms with van der Waals surface area (Å²) in [5, 5.41) is 9.21. The number of benzene rings is 1. The van der Waals surface area contributed by atoms with E-state index in [4.69, 9.17) is 0 Å². The standard InChI is InChI=1S/C17H28N4O2.HI/c1-4-5-6-7-12-19-16(18-2)20-13-14-8-10-15(11-9-14)21-17(22)23-3;/h8-11H,4-7,12-13H2,1-3H3,(H,21,22)(H2,18,19,20);1H. The second-order valence-electron chi connectivity index (χ2n) is 5.23. The van der Waals surface area contributed by atoms with Crippen molar-refractivity contribution in [1.82, 2.24) is 10.6 Å². The quantitative estimate of drug-likeness (QED) is 0.245. The molecule has 0 heterocycles. The van der Waals surface area contributed by atoms with E-state index in [2.05, 4.69) is 32.6 Å². The molecule has 0 aliphatic carbocycles. The number of anilines is 1. The molecular formula is C17H29IN4O2. The van der Waals surface area contributed by atoms with Crippen molar-refractivity contribution < 1.29 is 9.53 Å². The molecule has 3 N–H and O–H groups in total. The molecule has 0 unspecified atom stereocenters. The number of amides is 1. The minimum absolute atomic E-state index is 0. The first-order valence-electron chi connectivity index (χ1n) is 8.08. The van der Waals surface area contributed by atoms with E-state index in [-0.39, 0.29) is 24.0 Å². The molecule has 0 saturated carbocycles. The van der Waals surface area contributed by atoms with E-state index in [1.165, 1.54) is 26.4 Å². The zero-order valence-corrected chi connectivity index (χ0v) is 17.1. The number of unbranched alkanes of at least 4 members (excludes halogenated alkanes) is 3. The third-order valence-electron chi connectivity index (χ3n) is 3.39. The summed E-state index contributed by atoms with van der Waals surface area (Å²) in [5.74, 6) is 0.804. The normalized spacial score (nSPS) is 10.5. The highest BCUT2D eigenvalue weighted by atomic mass is 127. The summed E-state index contributed by atoms with van der Waals surface area (Å²) < 4.78 is 4.55. The van der Waals surface area contributed by atoms with Crippen LogP contribution in [0.3, 0.4) is 0 Å². The van der Waals surface area contributed by atoms with Gasteiger partial charge in [0.25, 0.3) is 0 Å². The summed E-state index contributed by atoms with van der Waals surface area (Å²) >= 11 is 0. The Morgan fingerprint density at radius 3 is 2.42 bits per heavy atom. The highest BCUT2D eigenvalue weighted by molar-refractivity contribution is 14.0. The number of nitrogens with one attached hydrogen (secondary N) is 3. The van der Waals surface area contributed by atoms with Crippen LogP contribution in [-0.4, -0.2) is 32.8 Å². The monoisotopic (exact) mass is 448 g/mol. The molecule has 0 aliphatic heterocycles. The number of nitrogens with zero attached hydrogens (tertiary/aromatic N) is 1. The first-order chi connectivity index (χ1) is 11.2. The third kappa shape index (κ3) is 9.59. The molecule has 1 aromatic rings. The number of carbonyl (C=O) groups is 1. The lowest BCUT2D eigenvalue weighted by Crippen LogP contribution is -2.37. The van der Waals surface area contributed by atoms with E-state index in [0.717, 1.165) is 24.5 Å². The molecule has 6 nitrogen and oxygen atoms in total. The molecular weight excluding hydrogens is 419 g/mol. The maximum Gasteiger partial charge on any atom is 0.411 e. The van der Waals surface area contributed by atoms with Crippen molar-refractivity contribution in [2.45, 2.75) is 39.2 Å². The van der Waals surface area contributed by atoms with Crippen molar-refractivity contribution in [2.24, 2.45) is 4.99 Å². The maximum atomic E-state index is 11.1. The van der Waals surface area contributed by atoms with Gasteiger partial charge < -0.3 is 15.4 Å². The SMILES string of the molecule is CCCCCCNC(=NC)NCc1ccc(NC(=O)OC)cc1.I. The lowest BCUT2D eigenvalue weighted by molar-refractivity contribution is 0.187. The highest BCUT2D eigenvalue weighted by Crippen LogP contribution is 2.09. The summed E-state index contributed by atoms with van der Waals surface area (Å²) in [4.78, 5) is 15.3. The van der Waals surface area contributed by atoms with Gasteiger partial charge in [-0.2, -0.15) is 0 Å². The van der Waals surface area contributed by atoms with E-state index in [9.17, 15) is 4.79 Å². The highest BCUT2D eigenvalue weighted by Gasteiger charge is 2.01. The number of ether oxygens (including phenoxy) is 1. The fraction of sp³-hybridized carbons (Fsp3) is 0.529. The topological polar surface area (TPSA) is 74.8 Å². The van der Waals surface area contributed by atoms with Gasteiger partial charge in [0.05, 0.1) is 7.11 Å². The second-order valence-corrected chi connectivity index (χ2v) is 5.23. The van der Waals surface area contributed by atoms with Gasteiger partial charge in [-0.05, 0) is 24.1 Å². The number of carbonyl (C=O) groups excluding carboxylic acids is 1. The summed E-state index contributed by atoms with van der Waals surface area (Å²) in [6.45, 7) is 3.81. The van der Waals surface area contributed by atoms with E-state index in [1.54, 1.807) is 7.05 Å². The molecule has 24 heavy (non-hydrogen) atoms. The maximum absolute atomic E-state index is 11.1. The zero-order chi connectivity index (χ0) is 16.9. The van der Waals surface area contributed by atoms with Crippen molar-refractivity contribution >= 4 is 41.7 Å². The Kier molecular flexibility index (Phi) is 13.0. The molecule has 0 bridgehead atoms. The molecule has 0 atom stereocenters. The number of halogens is 1. The minimum Gasteiger partial charge on any atom is -0.453 e. The number of methoxy groups -OCH3 is 1. The van der Waals surface area contributed by atoms with Crippen LogP contribution in [0.5, 0.6) is 0 Å². The Hall–Kier alpha value is -1.51. The fourth-order valence-corrected chi connectivity index (χ4v) is 2.04. The first kappa shape index (κ1) is 22.5. The van der Waals surface area contributed by atoms with Crippen LogP contribution in [0.25, 0.3) is 0 Å². The van der Waals surface area contributed by atoms with E-state index >= 15 is 0 Å². The van der Waals surface area contributed by atoms with Gasteiger partial charge in [-0.1, -0.05) is 38.3 Å². The molecule has 1 amide bonds. The van der Waals surface area contributed by atoms with Gasteiger partial charge in [0, 0.05) is 25.8 Å². The largest absolute Gasteiger partial charge is 0.453 e. The van der Waals surface area contributed by atoms with E-state index < -0.39 is 6.09 Å². The molecule has 136 valence electrons. The lowest BCUT2D eigenvalue weighted by atomic mass is 10.2. The summed E-state index contributed by atoms with van der Waals surface area (Å²) in [7, 11) is 3.11. The summed E-state index contributed by atoms with van der Waals surface area (Å²) in [6.07, 6.45) is 4.45. The molecule has 0 fully saturated rings. The van der Waals surface area contributed by atoms with Crippen LogP contribution in [-0.2, 0) is 11.3 Å². The van der Waals surface area contributed by atoms with Crippen LogP contribution in [0, 0.1) is 0 Å². The molecule has 1 rings (SSSR count). The summed E-state index contributed by atoms with van der Waals surface area (Å²) in [5.41, 5.74) is 1.81. The molecule has 0 saturated heterocycles. The van der Waals surface area contributed by atoms with Crippen LogP contribution in [0.4, 0.5) is 10.5 Å². The Bertz CT molecular complexity index is 492. The lowest BCUT2D eigenvalue weighted by Gasteiger charge is -2.12. The van der Waals surface area contributed by atoms with Crippen molar-refractivity contribution in [3.05, 3.63) is 29.8 Å². The number of hydrogen-bond acceptors (Lipinski definition) is 3. The van der Waals surface area contributed by atoms with Gasteiger partial charge in [-0.25, -0.2) is 4.79 Å². The van der Waals surface area contributed by atoms with Gasteiger partial charge in [0.15, 0.2) is 5.96 Å². The average Bonchev–Trinajstić information content (AvgIpc) is 2.58. The van der Waals surface area contributed by atoms with Crippen molar-refractivity contribution in [3.8, 4) is 0 Å². The van der Waals surface area contributed by atoms with Crippen molar-refractivity contribution in [1.29, 1.82) is 0 Å². The number of hydrogen-bond donors (Lipinski definition) is 3. The van der Waals surface area contributed by atoms with Crippen LogP contribution < -0.4 is 16.0 Å². The second kappa shape index (κ2) is 13.9. The van der Waals surface area contributed by atoms with Crippen LogP contribution in [0.1, 0.15) is 38.2 Å². The molecule has 0 radical (unpaired) electrons. The Labute approximate surface area is 161 Å². The molecule has 1 aromatic carbocycles. The molecule has 7 heteroatoms. The van der Waals surface area contributed by atoms with Crippen LogP contribution in [0.2, 0.25) is 0 Å². The average molecular weight is 448 g/mol. The number of aliphatic imine (C=N–C) groups is 1. The van der Waals surface area contributed by atoms with Crippen molar-refractivity contribution in [2.75, 3.05) is 26.0 Å². The minimum atomic E-state index is -0.469. The third-order valence-corrected chi connectivity index (χ3v) is 3.39. The Balaban J connectivity index is 0.00000529. The van der Waals surface area contributed by atoms with Gasteiger partial charge >= 0.3 is 6.09 Å². The molecule has 0 spiro atoms.